The van der Waals surface area contributed by atoms with Crippen molar-refractivity contribution in [3.05, 3.63) is 41.5 Å². The fourth-order valence-electron chi connectivity index (χ4n) is 2.26. The van der Waals surface area contributed by atoms with Crippen LogP contribution in [0.15, 0.2) is 12.1 Å². The summed E-state index contributed by atoms with van der Waals surface area (Å²) >= 11 is 0. The predicted molar refractivity (Wildman–Crippen MR) is 79.5 cm³/mol. The monoisotopic (exact) mass is 268 g/mol. The van der Waals surface area contributed by atoms with Gasteiger partial charge in [-0.2, -0.15) is 7.11 Å². The predicted octanol–water partition coefficient (Wildman–Crippen LogP) is 2.01. The minimum absolute atomic E-state index is 0. The number of ether oxygens (including phenoxy) is 1. The molecule has 0 spiro atoms. The quantitative estimate of drug-likeness (QED) is 0.474. The average molecular weight is 268 g/mol. The van der Waals surface area contributed by atoms with E-state index >= 15 is 0 Å². The Labute approximate surface area is 135 Å². The zero-order valence-corrected chi connectivity index (χ0v) is 13.9. The molecule has 3 heteroatoms. The summed E-state index contributed by atoms with van der Waals surface area (Å²) in [5.41, 5.74) is 4.09. The first kappa shape index (κ1) is 19.3. The Kier molecular flexibility index (Phi) is 7.63. The van der Waals surface area contributed by atoms with E-state index in [0.717, 1.165) is 11.1 Å². The van der Waals surface area contributed by atoms with Crippen molar-refractivity contribution in [1.82, 2.24) is 0 Å². The molecule has 1 aromatic rings. The molecule has 0 saturated carbocycles. The summed E-state index contributed by atoms with van der Waals surface area (Å²) in [6.07, 6.45) is 0. The SMILES string of the molecule is [CH2-]OC(=O)c1c(C(C)C)cc(C(C)C)cc1C(C)C.[Li+]. The minimum atomic E-state index is -0.331. The standard InChI is InChI=1S/C17H25O2.Li/c1-10(2)13-8-14(11(3)4)16(17(18)19-7)15(9-13)12(5)6;/h8-12H,7H2,1-6H3;/q-1;+1. The molecule has 0 atom stereocenters. The van der Waals surface area contributed by atoms with Crippen LogP contribution in [0.25, 0.3) is 0 Å². The number of benzene rings is 1. The Morgan fingerprint density at radius 3 is 1.60 bits per heavy atom. The van der Waals surface area contributed by atoms with Crippen LogP contribution in [0, 0.1) is 7.11 Å². The molecule has 106 valence electrons. The van der Waals surface area contributed by atoms with E-state index < -0.39 is 0 Å². The minimum Gasteiger partial charge on any atom is -0.637 e. The smallest absolute Gasteiger partial charge is 0.637 e. The van der Waals surface area contributed by atoms with Crippen molar-refractivity contribution >= 4 is 5.97 Å². The molecular weight excluding hydrogens is 243 g/mol. The van der Waals surface area contributed by atoms with Crippen molar-refractivity contribution in [2.24, 2.45) is 0 Å². The van der Waals surface area contributed by atoms with Crippen molar-refractivity contribution in [3.8, 4) is 0 Å². The van der Waals surface area contributed by atoms with Gasteiger partial charge in [0.25, 0.3) is 0 Å². The van der Waals surface area contributed by atoms with Gasteiger partial charge in [0.05, 0.1) is 5.56 Å². The molecule has 0 aliphatic heterocycles. The fraction of sp³-hybridized carbons (Fsp3) is 0.529. The Hall–Kier alpha value is -0.713. The third kappa shape index (κ3) is 4.14. The maximum absolute atomic E-state index is 12.1. The third-order valence-corrected chi connectivity index (χ3v) is 3.47. The number of carbonyl (C=O) groups is 1. The van der Waals surface area contributed by atoms with E-state index in [1.54, 1.807) is 0 Å². The zero-order valence-electron chi connectivity index (χ0n) is 13.9. The fourth-order valence-corrected chi connectivity index (χ4v) is 2.26. The first-order valence-corrected chi connectivity index (χ1v) is 6.93. The summed E-state index contributed by atoms with van der Waals surface area (Å²) in [5, 5.41) is 0. The second-order valence-corrected chi connectivity index (χ2v) is 5.97. The molecule has 0 heterocycles. The molecule has 1 aromatic carbocycles. The largest absolute Gasteiger partial charge is 1.00 e. The molecular formula is C17H25LiO2. The van der Waals surface area contributed by atoms with Gasteiger partial charge in [-0.3, -0.25) is 0 Å². The van der Waals surface area contributed by atoms with Gasteiger partial charge in [-0.25, -0.2) is 4.79 Å². The van der Waals surface area contributed by atoms with Gasteiger partial charge >= 0.3 is 24.8 Å². The van der Waals surface area contributed by atoms with Crippen LogP contribution in [-0.4, -0.2) is 5.97 Å². The van der Waals surface area contributed by atoms with Gasteiger partial charge in [-0.1, -0.05) is 53.7 Å². The Morgan fingerprint density at radius 2 is 1.35 bits per heavy atom. The molecule has 0 saturated heterocycles. The molecule has 0 aliphatic rings. The Balaban J connectivity index is 0.00000361. The molecule has 0 radical (unpaired) electrons. The van der Waals surface area contributed by atoms with Gasteiger partial charge in [-0.05, 0) is 34.4 Å². The Morgan fingerprint density at radius 1 is 0.950 bits per heavy atom. The first-order valence-electron chi connectivity index (χ1n) is 6.93. The van der Waals surface area contributed by atoms with Crippen LogP contribution in [0.3, 0.4) is 0 Å². The second-order valence-electron chi connectivity index (χ2n) is 5.97. The molecule has 0 amide bonds. The van der Waals surface area contributed by atoms with Crippen molar-refractivity contribution in [3.63, 3.8) is 0 Å². The molecule has 20 heavy (non-hydrogen) atoms. The Bertz CT molecular complexity index is 433. The van der Waals surface area contributed by atoms with Crippen LogP contribution in [0.1, 0.15) is 86.3 Å². The van der Waals surface area contributed by atoms with E-state index in [4.69, 9.17) is 4.74 Å². The van der Waals surface area contributed by atoms with Gasteiger partial charge in [0.15, 0.2) is 0 Å². The van der Waals surface area contributed by atoms with Crippen LogP contribution in [0.4, 0.5) is 0 Å². The van der Waals surface area contributed by atoms with Gasteiger partial charge in [0.2, 0.25) is 0 Å². The summed E-state index contributed by atoms with van der Waals surface area (Å²) in [6.45, 7) is 12.7. The first-order chi connectivity index (χ1) is 8.79. The maximum Gasteiger partial charge on any atom is 1.00 e. The van der Waals surface area contributed by atoms with Crippen molar-refractivity contribution in [2.75, 3.05) is 0 Å². The average Bonchev–Trinajstić information content (AvgIpc) is 2.35. The molecule has 2 nitrogen and oxygen atoms in total. The van der Waals surface area contributed by atoms with Crippen LogP contribution in [-0.2, 0) is 4.74 Å². The zero-order chi connectivity index (χ0) is 14.7. The summed E-state index contributed by atoms with van der Waals surface area (Å²) in [6, 6.07) is 4.26. The molecule has 0 fully saturated rings. The number of hydrogen-bond acceptors (Lipinski definition) is 2. The molecule has 0 aliphatic carbocycles. The van der Waals surface area contributed by atoms with Gasteiger partial charge < -0.3 is 4.74 Å². The maximum atomic E-state index is 12.1. The second kappa shape index (κ2) is 7.91. The van der Waals surface area contributed by atoms with Gasteiger partial charge in [0, 0.05) is 0 Å². The van der Waals surface area contributed by atoms with E-state index in [1.165, 1.54) is 5.56 Å². The van der Waals surface area contributed by atoms with E-state index in [0.29, 0.717) is 11.5 Å². The molecule has 0 aromatic heterocycles. The molecule has 0 bridgehead atoms. The van der Waals surface area contributed by atoms with Gasteiger partial charge in [-0.15, -0.1) is 0 Å². The van der Waals surface area contributed by atoms with Crippen molar-refractivity contribution in [2.45, 2.75) is 59.3 Å². The summed E-state index contributed by atoms with van der Waals surface area (Å²) in [7, 11) is 3.27. The van der Waals surface area contributed by atoms with Crippen LogP contribution in [0.2, 0.25) is 0 Å². The van der Waals surface area contributed by atoms with Crippen LogP contribution >= 0.6 is 0 Å². The van der Waals surface area contributed by atoms with E-state index in [2.05, 4.69) is 60.8 Å². The summed E-state index contributed by atoms with van der Waals surface area (Å²) in [5.74, 6) is 0.679. The van der Waals surface area contributed by atoms with Gasteiger partial charge in [0.1, 0.15) is 0 Å². The van der Waals surface area contributed by atoms with Crippen molar-refractivity contribution < 1.29 is 28.4 Å². The number of hydrogen-bond donors (Lipinski definition) is 0. The number of carbonyl (C=O) groups excluding carboxylic acids is 1. The molecule has 0 unspecified atom stereocenters. The van der Waals surface area contributed by atoms with Crippen molar-refractivity contribution in [1.29, 1.82) is 0 Å². The number of rotatable bonds is 4. The number of esters is 1. The molecule has 0 N–H and O–H groups in total. The topological polar surface area (TPSA) is 26.3 Å². The van der Waals surface area contributed by atoms with Crippen LogP contribution < -0.4 is 18.9 Å². The van der Waals surface area contributed by atoms with Crippen LogP contribution in [0.5, 0.6) is 0 Å². The normalized spacial score (nSPS) is 10.9. The summed E-state index contributed by atoms with van der Waals surface area (Å²) in [4.78, 5) is 12.1. The van der Waals surface area contributed by atoms with E-state index in [9.17, 15) is 4.79 Å². The van der Waals surface area contributed by atoms with E-state index in [1.807, 2.05) is 0 Å². The van der Waals surface area contributed by atoms with E-state index in [-0.39, 0.29) is 36.7 Å². The summed E-state index contributed by atoms with van der Waals surface area (Å²) < 4.78 is 4.73. The molecule has 1 rings (SSSR count). The third-order valence-electron chi connectivity index (χ3n) is 3.47.